The molecular formula is C41H26O. The molecule has 9 rings (SSSR count). The summed E-state index contributed by atoms with van der Waals surface area (Å²) in [5.41, 5.74) is 12.0. The Morgan fingerprint density at radius 1 is 0.381 bits per heavy atom. The highest BCUT2D eigenvalue weighted by Gasteiger charge is 2.46. The number of benzene rings is 7. The summed E-state index contributed by atoms with van der Waals surface area (Å²) < 4.78 is 6.60. The fraction of sp³-hybridized carbons (Fsp3) is 0.0244. The lowest BCUT2D eigenvalue weighted by molar-refractivity contribution is 0.487. The Bertz CT molecular complexity index is 2120. The second-order valence-electron chi connectivity index (χ2n) is 11.2. The first-order chi connectivity index (χ1) is 20.8. The van der Waals surface area contributed by atoms with E-state index in [1.54, 1.807) is 0 Å². The van der Waals surface area contributed by atoms with Crippen molar-refractivity contribution in [3.8, 4) is 44.9 Å². The van der Waals surface area contributed by atoms with Crippen LogP contribution in [0.25, 0.3) is 44.2 Å². The van der Waals surface area contributed by atoms with Gasteiger partial charge in [-0.1, -0.05) is 140 Å². The highest BCUT2D eigenvalue weighted by molar-refractivity contribution is 6.04. The molecule has 1 heterocycles. The maximum Gasteiger partial charge on any atom is 0.135 e. The molecule has 0 N–H and O–H groups in total. The van der Waals surface area contributed by atoms with Gasteiger partial charge in [0, 0.05) is 10.9 Å². The van der Waals surface area contributed by atoms with Gasteiger partial charge in [-0.05, 0) is 73.7 Å². The van der Waals surface area contributed by atoms with E-state index in [0.29, 0.717) is 0 Å². The Kier molecular flexibility index (Phi) is 4.88. The Morgan fingerprint density at radius 2 is 0.952 bits per heavy atom. The van der Waals surface area contributed by atoms with Crippen LogP contribution in [0.5, 0.6) is 11.5 Å². The minimum Gasteiger partial charge on any atom is -0.456 e. The van der Waals surface area contributed by atoms with Crippen LogP contribution in [0.2, 0.25) is 0 Å². The van der Waals surface area contributed by atoms with Crippen molar-refractivity contribution in [3.05, 3.63) is 180 Å². The van der Waals surface area contributed by atoms with Gasteiger partial charge in [-0.25, -0.2) is 0 Å². The van der Waals surface area contributed by atoms with Crippen LogP contribution in [0.3, 0.4) is 0 Å². The predicted molar refractivity (Wildman–Crippen MR) is 172 cm³/mol. The number of hydrogen-bond donors (Lipinski definition) is 0. The van der Waals surface area contributed by atoms with Gasteiger partial charge in [-0.3, -0.25) is 0 Å². The molecule has 42 heavy (non-hydrogen) atoms. The normalized spacial score (nSPS) is 13.6. The molecule has 0 amide bonds. The van der Waals surface area contributed by atoms with Gasteiger partial charge in [-0.2, -0.15) is 0 Å². The molecule has 196 valence electrons. The molecule has 1 aliphatic carbocycles. The third kappa shape index (κ3) is 3.08. The second-order valence-corrected chi connectivity index (χ2v) is 11.2. The average molecular weight is 535 g/mol. The van der Waals surface area contributed by atoms with Crippen molar-refractivity contribution >= 4 is 10.8 Å². The minimum absolute atomic E-state index is 0.458. The van der Waals surface area contributed by atoms with Crippen molar-refractivity contribution in [2.75, 3.05) is 0 Å². The number of ether oxygens (including phenoxy) is 1. The summed E-state index contributed by atoms with van der Waals surface area (Å²) in [5.74, 6) is 1.81. The molecule has 7 aromatic carbocycles. The summed E-state index contributed by atoms with van der Waals surface area (Å²) in [6, 6.07) is 57.3. The molecule has 0 saturated heterocycles. The topological polar surface area (TPSA) is 9.23 Å². The minimum atomic E-state index is -0.458. The van der Waals surface area contributed by atoms with Crippen molar-refractivity contribution in [2.24, 2.45) is 0 Å². The Morgan fingerprint density at radius 3 is 1.67 bits per heavy atom. The van der Waals surface area contributed by atoms with Crippen LogP contribution in [0.1, 0.15) is 22.3 Å². The fourth-order valence-corrected chi connectivity index (χ4v) is 7.47. The standard InChI is InChI=1S/C41H26O/c1-2-14-29(15-3-1)41(36-21-8-5-17-31(36)32-18-6-9-22-37(32)41)35-20-7-4-16-30(35)28-24-25-33-34-19-10-12-27-13-11-23-38(40(27)34)42-39(33)26-28/h1-26H. The van der Waals surface area contributed by atoms with E-state index in [4.69, 9.17) is 4.74 Å². The zero-order valence-corrected chi connectivity index (χ0v) is 22.9. The molecular weight excluding hydrogens is 508 g/mol. The third-order valence-electron chi connectivity index (χ3n) is 9.16. The van der Waals surface area contributed by atoms with Gasteiger partial charge in [0.1, 0.15) is 11.5 Å². The number of hydrogen-bond acceptors (Lipinski definition) is 1. The second kappa shape index (κ2) is 8.80. The summed E-state index contributed by atoms with van der Waals surface area (Å²) in [4.78, 5) is 0. The summed E-state index contributed by atoms with van der Waals surface area (Å²) in [5, 5.41) is 2.39. The summed E-state index contributed by atoms with van der Waals surface area (Å²) >= 11 is 0. The van der Waals surface area contributed by atoms with Gasteiger partial charge in [0.2, 0.25) is 0 Å². The lowest BCUT2D eigenvalue weighted by Crippen LogP contribution is -2.29. The Balaban J connectivity index is 1.32. The quantitative estimate of drug-likeness (QED) is 0.219. The van der Waals surface area contributed by atoms with Crippen LogP contribution in [0.4, 0.5) is 0 Å². The maximum absolute atomic E-state index is 6.60. The van der Waals surface area contributed by atoms with E-state index in [2.05, 4.69) is 158 Å². The van der Waals surface area contributed by atoms with Crippen LogP contribution in [-0.2, 0) is 5.41 Å². The van der Waals surface area contributed by atoms with E-state index < -0.39 is 5.41 Å². The highest BCUT2D eigenvalue weighted by Crippen LogP contribution is 2.58. The maximum atomic E-state index is 6.60. The predicted octanol–water partition coefficient (Wildman–Crippen LogP) is 10.6. The van der Waals surface area contributed by atoms with E-state index in [1.807, 2.05) is 0 Å². The highest BCUT2D eigenvalue weighted by atomic mass is 16.5. The summed E-state index contributed by atoms with van der Waals surface area (Å²) in [7, 11) is 0. The van der Waals surface area contributed by atoms with Crippen molar-refractivity contribution in [1.29, 1.82) is 0 Å². The molecule has 0 aromatic heterocycles. The van der Waals surface area contributed by atoms with Crippen LogP contribution < -0.4 is 4.74 Å². The van der Waals surface area contributed by atoms with E-state index >= 15 is 0 Å². The van der Waals surface area contributed by atoms with E-state index in [9.17, 15) is 0 Å². The Hall–Kier alpha value is -5.40. The van der Waals surface area contributed by atoms with E-state index in [1.165, 1.54) is 55.3 Å². The van der Waals surface area contributed by atoms with E-state index in [0.717, 1.165) is 22.6 Å². The fourth-order valence-electron chi connectivity index (χ4n) is 7.47. The zero-order valence-electron chi connectivity index (χ0n) is 22.9. The van der Waals surface area contributed by atoms with Crippen molar-refractivity contribution in [2.45, 2.75) is 5.41 Å². The molecule has 7 aromatic rings. The van der Waals surface area contributed by atoms with Crippen molar-refractivity contribution in [3.63, 3.8) is 0 Å². The first-order valence-electron chi connectivity index (χ1n) is 14.5. The zero-order chi connectivity index (χ0) is 27.7. The molecule has 0 bridgehead atoms. The average Bonchev–Trinajstić information content (AvgIpc) is 3.36. The molecule has 0 saturated carbocycles. The van der Waals surface area contributed by atoms with Crippen LogP contribution in [-0.4, -0.2) is 0 Å². The molecule has 0 radical (unpaired) electrons. The van der Waals surface area contributed by atoms with Crippen LogP contribution in [0.15, 0.2) is 158 Å². The van der Waals surface area contributed by atoms with Gasteiger partial charge in [-0.15, -0.1) is 0 Å². The molecule has 1 nitrogen and oxygen atoms in total. The monoisotopic (exact) mass is 534 g/mol. The molecule has 1 aliphatic heterocycles. The first kappa shape index (κ1) is 23.3. The van der Waals surface area contributed by atoms with Crippen LogP contribution in [0, 0.1) is 0 Å². The first-order valence-corrected chi connectivity index (χ1v) is 14.5. The SMILES string of the molecule is c1ccc(C2(c3ccccc3-c3ccc4c(c3)Oc3cccc5cccc-4c35)c3ccccc3-c3ccccc32)cc1. The molecule has 1 heteroatoms. The van der Waals surface area contributed by atoms with Crippen molar-refractivity contribution < 1.29 is 4.74 Å². The van der Waals surface area contributed by atoms with Gasteiger partial charge in [0.25, 0.3) is 0 Å². The third-order valence-corrected chi connectivity index (χ3v) is 9.16. The van der Waals surface area contributed by atoms with Gasteiger partial charge < -0.3 is 4.74 Å². The summed E-state index contributed by atoms with van der Waals surface area (Å²) in [6.07, 6.45) is 0. The largest absolute Gasteiger partial charge is 0.456 e. The van der Waals surface area contributed by atoms with Crippen LogP contribution >= 0.6 is 0 Å². The lowest BCUT2D eigenvalue weighted by atomic mass is 9.66. The van der Waals surface area contributed by atoms with Gasteiger partial charge in [0.05, 0.1) is 5.41 Å². The van der Waals surface area contributed by atoms with Gasteiger partial charge >= 0.3 is 0 Å². The number of fused-ring (bicyclic) bond motifs is 5. The Labute approximate surface area is 245 Å². The molecule has 0 unspecified atom stereocenters. The van der Waals surface area contributed by atoms with Gasteiger partial charge in [0.15, 0.2) is 0 Å². The lowest BCUT2D eigenvalue weighted by Gasteiger charge is -2.35. The molecule has 0 spiro atoms. The van der Waals surface area contributed by atoms with Crippen molar-refractivity contribution in [1.82, 2.24) is 0 Å². The van der Waals surface area contributed by atoms with E-state index in [-0.39, 0.29) is 0 Å². The smallest absolute Gasteiger partial charge is 0.135 e. The molecule has 0 atom stereocenters. The summed E-state index contributed by atoms with van der Waals surface area (Å²) in [6.45, 7) is 0. The molecule has 0 fully saturated rings. The number of rotatable bonds is 3. The molecule has 2 aliphatic rings.